The minimum absolute atomic E-state index is 0.107. The Hall–Kier alpha value is -4.79. The average Bonchev–Trinajstić information content (AvgIpc) is 2.94. The fourth-order valence-electron chi connectivity index (χ4n) is 4.38. The molecule has 38 heavy (non-hydrogen) atoms. The zero-order valence-corrected chi connectivity index (χ0v) is 21.5. The Bertz CT molecular complexity index is 1500. The summed E-state index contributed by atoms with van der Waals surface area (Å²) in [6.45, 7) is 4.51. The summed E-state index contributed by atoms with van der Waals surface area (Å²) >= 11 is 0. The molecule has 1 aliphatic heterocycles. The van der Waals surface area contributed by atoms with Gasteiger partial charge in [0.2, 0.25) is 5.91 Å². The van der Waals surface area contributed by atoms with Crippen LogP contribution in [0.25, 0.3) is 22.0 Å². The maximum absolute atomic E-state index is 11.8. The Morgan fingerprint density at radius 1 is 1.00 bits per heavy atom. The molecule has 0 unspecified atom stereocenters. The van der Waals surface area contributed by atoms with Crippen molar-refractivity contribution in [3.05, 3.63) is 73.6 Å². The van der Waals surface area contributed by atoms with Crippen LogP contribution in [-0.4, -0.2) is 61.2 Å². The number of benzene rings is 3. The van der Waals surface area contributed by atoms with Gasteiger partial charge in [-0.1, -0.05) is 24.8 Å². The lowest BCUT2D eigenvalue weighted by atomic mass is 10.0. The first-order valence-corrected chi connectivity index (χ1v) is 12.2. The van der Waals surface area contributed by atoms with Gasteiger partial charge in [-0.25, -0.2) is 9.97 Å². The van der Waals surface area contributed by atoms with Gasteiger partial charge in [-0.2, -0.15) is 0 Å². The zero-order chi connectivity index (χ0) is 26.6. The summed E-state index contributed by atoms with van der Waals surface area (Å²) in [5.41, 5.74) is 4.58. The Labute approximate surface area is 221 Å². The number of ether oxygens (including phenoxy) is 3. The topological polar surface area (TPSA) is 97.8 Å². The third-order valence-electron chi connectivity index (χ3n) is 6.49. The van der Waals surface area contributed by atoms with Crippen LogP contribution in [0.1, 0.15) is 0 Å². The van der Waals surface area contributed by atoms with Gasteiger partial charge in [0, 0.05) is 24.2 Å². The quantitative estimate of drug-likeness (QED) is 0.307. The standard InChI is InChI=1S/C29H29N5O4/c1-5-28(35)34-15-21(16-34)38-27-13-22-23(14-26(27)37-4)31-17-32-29(22)33-24-12-19(9-10-25(24)36-3)18-7-6-8-20(11-18)30-2/h5-14,17,21,30H,1,15-16H2,2-4H3,(H,31,32,33). The summed E-state index contributed by atoms with van der Waals surface area (Å²) in [7, 11) is 5.12. The van der Waals surface area contributed by atoms with E-state index in [2.05, 4.69) is 39.3 Å². The van der Waals surface area contributed by atoms with Crippen LogP contribution in [0.3, 0.4) is 0 Å². The van der Waals surface area contributed by atoms with Gasteiger partial charge in [0.25, 0.3) is 0 Å². The second-order valence-corrected chi connectivity index (χ2v) is 8.80. The number of nitrogens with zero attached hydrogens (tertiary/aromatic N) is 3. The molecule has 5 rings (SSSR count). The molecule has 0 atom stereocenters. The van der Waals surface area contributed by atoms with Crippen LogP contribution in [-0.2, 0) is 4.79 Å². The summed E-state index contributed by atoms with van der Waals surface area (Å²) in [5, 5.41) is 7.36. The molecular weight excluding hydrogens is 482 g/mol. The molecule has 2 N–H and O–H groups in total. The van der Waals surface area contributed by atoms with Crippen LogP contribution in [0.2, 0.25) is 0 Å². The molecule has 9 heteroatoms. The minimum atomic E-state index is -0.142. The van der Waals surface area contributed by atoms with Crippen molar-refractivity contribution in [2.75, 3.05) is 45.0 Å². The van der Waals surface area contributed by atoms with Crippen molar-refractivity contribution < 1.29 is 19.0 Å². The van der Waals surface area contributed by atoms with Crippen LogP contribution in [0.4, 0.5) is 17.2 Å². The lowest BCUT2D eigenvalue weighted by molar-refractivity contribution is -0.134. The highest BCUT2D eigenvalue weighted by atomic mass is 16.5. The van der Waals surface area contributed by atoms with Crippen molar-refractivity contribution in [2.45, 2.75) is 6.10 Å². The van der Waals surface area contributed by atoms with Gasteiger partial charge >= 0.3 is 0 Å². The van der Waals surface area contributed by atoms with E-state index in [0.717, 1.165) is 27.9 Å². The highest BCUT2D eigenvalue weighted by molar-refractivity contribution is 5.94. The maximum atomic E-state index is 11.8. The summed E-state index contributed by atoms with van der Waals surface area (Å²) in [4.78, 5) is 22.4. The number of hydrogen-bond donors (Lipinski definition) is 2. The van der Waals surface area contributed by atoms with Crippen molar-refractivity contribution in [2.24, 2.45) is 0 Å². The first-order chi connectivity index (χ1) is 18.5. The first-order valence-electron chi connectivity index (χ1n) is 12.2. The predicted octanol–water partition coefficient (Wildman–Crippen LogP) is 4.87. The van der Waals surface area contributed by atoms with E-state index < -0.39 is 0 Å². The molecule has 0 radical (unpaired) electrons. The van der Waals surface area contributed by atoms with Gasteiger partial charge < -0.3 is 29.7 Å². The number of aromatic nitrogens is 2. The van der Waals surface area contributed by atoms with Gasteiger partial charge in [-0.15, -0.1) is 0 Å². The fourth-order valence-corrected chi connectivity index (χ4v) is 4.38. The van der Waals surface area contributed by atoms with Crippen LogP contribution < -0.4 is 24.8 Å². The minimum Gasteiger partial charge on any atom is -0.495 e. The van der Waals surface area contributed by atoms with Crippen LogP contribution in [0, 0.1) is 0 Å². The van der Waals surface area contributed by atoms with Gasteiger partial charge in [0.1, 0.15) is 24.0 Å². The largest absolute Gasteiger partial charge is 0.495 e. The van der Waals surface area contributed by atoms with Gasteiger partial charge in [-0.3, -0.25) is 4.79 Å². The molecule has 1 amide bonds. The fraction of sp³-hybridized carbons (Fsp3) is 0.207. The van der Waals surface area contributed by atoms with Gasteiger partial charge in [-0.05, 0) is 47.5 Å². The third kappa shape index (κ3) is 4.90. The molecule has 4 aromatic rings. The number of nitrogens with one attached hydrogen (secondary N) is 2. The Morgan fingerprint density at radius 2 is 1.79 bits per heavy atom. The molecule has 1 saturated heterocycles. The molecule has 1 aliphatic rings. The summed E-state index contributed by atoms with van der Waals surface area (Å²) in [5.74, 6) is 2.28. The smallest absolute Gasteiger partial charge is 0.246 e. The van der Waals surface area contributed by atoms with Gasteiger partial charge in [0.15, 0.2) is 11.5 Å². The zero-order valence-electron chi connectivity index (χ0n) is 21.5. The van der Waals surface area contributed by atoms with E-state index in [1.54, 1.807) is 19.1 Å². The normalized spacial score (nSPS) is 13.0. The maximum Gasteiger partial charge on any atom is 0.246 e. The highest BCUT2D eigenvalue weighted by Crippen LogP contribution is 2.38. The van der Waals surface area contributed by atoms with E-state index in [1.807, 2.05) is 49.5 Å². The number of rotatable bonds is 9. The third-order valence-corrected chi connectivity index (χ3v) is 6.49. The summed E-state index contributed by atoms with van der Waals surface area (Å²) in [6, 6.07) is 17.8. The monoisotopic (exact) mass is 511 g/mol. The molecule has 3 aromatic carbocycles. The first kappa shape index (κ1) is 24.9. The number of likely N-dealkylation sites (tertiary alicyclic amines) is 1. The summed E-state index contributed by atoms with van der Waals surface area (Å²) in [6.07, 6.45) is 2.67. The second kappa shape index (κ2) is 10.7. The lowest BCUT2D eigenvalue weighted by Gasteiger charge is -2.38. The van der Waals surface area contributed by atoms with Crippen LogP contribution in [0.15, 0.2) is 73.6 Å². The number of hydrogen-bond acceptors (Lipinski definition) is 8. The Morgan fingerprint density at radius 3 is 2.53 bits per heavy atom. The number of amides is 1. The van der Waals surface area contributed by atoms with Crippen molar-refractivity contribution >= 4 is 34.0 Å². The molecule has 1 aromatic heterocycles. The molecule has 0 saturated carbocycles. The number of carbonyl (C=O) groups is 1. The van der Waals surface area contributed by atoms with Crippen molar-refractivity contribution in [3.8, 4) is 28.4 Å². The number of anilines is 3. The van der Waals surface area contributed by atoms with Crippen LogP contribution in [0.5, 0.6) is 17.2 Å². The van der Waals surface area contributed by atoms with Crippen LogP contribution >= 0.6 is 0 Å². The molecule has 1 fully saturated rings. The molecular formula is C29H29N5O4. The molecule has 2 heterocycles. The molecule has 0 aliphatic carbocycles. The number of carbonyl (C=O) groups excluding carboxylic acids is 1. The van der Waals surface area contributed by atoms with E-state index in [1.165, 1.54) is 12.4 Å². The van der Waals surface area contributed by atoms with E-state index in [0.29, 0.717) is 41.7 Å². The second-order valence-electron chi connectivity index (χ2n) is 8.80. The Kier molecular flexibility index (Phi) is 6.99. The number of methoxy groups -OCH3 is 2. The molecule has 194 valence electrons. The SMILES string of the molecule is C=CC(=O)N1CC(Oc2cc3c(Nc4cc(-c5cccc(NC)c5)ccc4OC)ncnc3cc2OC)C1. The average molecular weight is 512 g/mol. The molecule has 9 nitrogen and oxygen atoms in total. The molecule has 0 spiro atoms. The van der Waals surface area contributed by atoms with E-state index >= 15 is 0 Å². The van der Waals surface area contributed by atoms with Crippen molar-refractivity contribution in [3.63, 3.8) is 0 Å². The van der Waals surface area contributed by atoms with Crippen molar-refractivity contribution in [1.82, 2.24) is 14.9 Å². The van der Waals surface area contributed by atoms with Crippen molar-refractivity contribution in [1.29, 1.82) is 0 Å². The lowest BCUT2D eigenvalue weighted by Crippen LogP contribution is -2.55. The predicted molar refractivity (Wildman–Crippen MR) is 149 cm³/mol. The van der Waals surface area contributed by atoms with Gasteiger partial charge in [0.05, 0.1) is 38.5 Å². The van der Waals surface area contributed by atoms with E-state index in [9.17, 15) is 4.79 Å². The van der Waals surface area contributed by atoms with E-state index in [4.69, 9.17) is 14.2 Å². The summed E-state index contributed by atoms with van der Waals surface area (Å²) < 4.78 is 17.4. The highest BCUT2D eigenvalue weighted by Gasteiger charge is 2.31. The van der Waals surface area contributed by atoms with E-state index in [-0.39, 0.29) is 12.0 Å². The number of fused-ring (bicyclic) bond motifs is 1. The Balaban J connectivity index is 1.48. The molecule has 0 bridgehead atoms.